The lowest BCUT2D eigenvalue weighted by Crippen LogP contribution is -2.07. The van der Waals surface area contributed by atoms with Gasteiger partial charge in [-0.2, -0.15) is 13.2 Å². The van der Waals surface area contributed by atoms with Crippen LogP contribution in [0.15, 0.2) is 42.5 Å². The third-order valence-corrected chi connectivity index (χ3v) is 4.93. The first-order valence-electron chi connectivity index (χ1n) is 8.90. The standard InChI is InChI=1S/C21H18F3N3OS/c1-4-5-18-19(28)27(20(29)26(18)14-8-6-13(2)7-9-14)15-10-11-17(25-3)16(12-15)21(22,23)24/h6-12,28H,4-5H2,1-2H3. The Hall–Kier alpha value is -3.05. The highest BCUT2D eigenvalue weighted by Gasteiger charge is 2.34. The Bertz CT molecular complexity index is 1150. The number of imidazole rings is 1. The highest BCUT2D eigenvalue weighted by Crippen LogP contribution is 2.39. The number of alkyl halides is 3. The first-order valence-corrected chi connectivity index (χ1v) is 9.31. The molecule has 3 aromatic rings. The molecule has 8 heteroatoms. The van der Waals surface area contributed by atoms with Crippen LogP contribution in [0.1, 0.15) is 30.2 Å². The second-order valence-electron chi connectivity index (χ2n) is 6.62. The molecule has 1 aromatic heterocycles. The first-order chi connectivity index (χ1) is 13.7. The SMILES string of the molecule is [C-]#[N+]c1ccc(-n2c(O)c(CCC)n(-c3ccc(C)cc3)c2=S)cc1C(F)(F)F. The van der Waals surface area contributed by atoms with E-state index in [4.69, 9.17) is 18.8 Å². The van der Waals surface area contributed by atoms with Gasteiger partial charge in [0, 0.05) is 11.4 Å². The Labute approximate surface area is 171 Å². The number of halogens is 3. The van der Waals surface area contributed by atoms with Gasteiger partial charge in [-0.1, -0.05) is 37.1 Å². The van der Waals surface area contributed by atoms with Gasteiger partial charge in [-0.05, 0) is 49.8 Å². The molecule has 1 N–H and O–H groups in total. The van der Waals surface area contributed by atoms with Crippen molar-refractivity contribution in [2.24, 2.45) is 0 Å². The number of aromatic hydroxyl groups is 1. The zero-order valence-electron chi connectivity index (χ0n) is 15.8. The van der Waals surface area contributed by atoms with Crippen molar-refractivity contribution in [2.45, 2.75) is 32.9 Å². The Kier molecular flexibility index (Phi) is 5.53. The highest BCUT2D eigenvalue weighted by molar-refractivity contribution is 7.71. The molecule has 29 heavy (non-hydrogen) atoms. The van der Waals surface area contributed by atoms with Crippen LogP contribution >= 0.6 is 12.2 Å². The molecule has 0 amide bonds. The van der Waals surface area contributed by atoms with Gasteiger partial charge in [0.1, 0.15) is 0 Å². The summed E-state index contributed by atoms with van der Waals surface area (Å²) < 4.78 is 43.2. The number of hydrogen-bond donors (Lipinski definition) is 1. The molecule has 3 rings (SSSR count). The third-order valence-electron chi connectivity index (χ3n) is 4.57. The second kappa shape index (κ2) is 7.76. The number of aryl methyl sites for hydroxylation is 1. The van der Waals surface area contributed by atoms with Crippen molar-refractivity contribution in [3.63, 3.8) is 0 Å². The zero-order chi connectivity index (χ0) is 21.3. The highest BCUT2D eigenvalue weighted by atomic mass is 32.1. The molecule has 0 unspecified atom stereocenters. The van der Waals surface area contributed by atoms with Crippen LogP contribution in [0.2, 0.25) is 0 Å². The van der Waals surface area contributed by atoms with Crippen LogP contribution in [0, 0.1) is 18.3 Å². The smallest absolute Gasteiger partial charge is 0.407 e. The fourth-order valence-electron chi connectivity index (χ4n) is 3.18. The molecule has 0 bridgehead atoms. The summed E-state index contributed by atoms with van der Waals surface area (Å²) in [6, 6.07) is 10.8. The molecule has 2 aromatic carbocycles. The quantitative estimate of drug-likeness (QED) is 0.387. The summed E-state index contributed by atoms with van der Waals surface area (Å²) in [5.41, 5.74) is 0.766. The van der Waals surface area contributed by atoms with E-state index < -0.39 is 17.4 Å². The van der Waals surface area contributed by atoms with E-state index in [1.165, 1.54) is 10.6 Å². The van der Waals surface area contributed by atoms with Crippen LogP contribution in [0.25, 0.3) is 16.2 Å². The van der Waals surface area contributed by atoms with E-state index in [0.29, 0.717) is 24.2 Å². The molecule has 0 aliphatic carbocycles. The average molecular weight is 417 g/mol. The van der Waals surface area contributed by atoms with Crippen LogP contribution in [-0.2, 0) is 12.6 Å². The van der Waals surface area contributed by atoms with E-state index in [1.54, 1.807) is 4.57 Å². The van der Waals surface area contributed by atoms with Crippen molar-refractivity contribution in [3.8, 4) is 17.3 Å². The molecule has 0 aliphatic heterocycles. The summed E-state index contributed by atoms with van der Waals surface area (Å²) in [6.07, 6.45) is -3.50. The van der Waals surface area contributed by atoms with E-state index in [-0.39, 0.29) is 16.3 Å². The lowest BCUT2D eigenvalue weighted by Gasteiger charge is -2.12. The fourth-order valence-corrected chi connectivity index (χ4v) is 3.58. The van der Waals surface area contributed by atoms with Crippen molar-refractivity contribution in [1.82, 2.24) is 9.13 Å². The molecular weight excluding hydrogens is 399 g/mol. The van der Waals surface area contributed by atoms with Crippen molar-refractivity contribution in [2.75, 3.05) is 0 Å². The van der Waals surface area contributed by atoms with E-state index in [2.05, 4.69) is 4.85 Å². The van der Waals surface area contributed by atoms with Crippen LogP contribution in [-0.4, -0.2) is 14.2 Å². The predicted octanol–water partition coefficient (Wildman–Crippen LogP) is 6.53. The molecule has 0 saturated heterocycles. The molecule has 1 heterocycles. The molecule has 0 fully saturated rings. The monoisotopic (exact) mass is 417 g/mol. The lowest BCUT2D eigenvalue weighted by molar-refractivity contribution is -0.136. The Morgan fingerprint density at radius 2 is 1.69 bits per heavy atom. The van der Waals surface area contributed by atoms with Crippen LogP contribution in [0.5, 0.6) is 5.88 Å². The van der Waals surface area contributed by atoms with Crippen molar-refractivity contribution >= 4 is 17.9 Å². The maximum absolute atomic E-state index is 13.4. The minimum Gasteiger partial charge on any atom is -0.493 e. The van der Waals surface area contributed by atoms with Crippen LogP contribution in [0.4, 0.5) is 18.9 Å². The summed E-state index contributed by atoms with van der Waals surface area (Å²) >= 11 is 5.53. The van der Waals surface area contributed by atoms with Gasteiger partial charge in [0.15, 0.2) is 10.5 Å². The number of aromatic nitrogens is 2. The fraction of sp³-hybridized carbons (Fsp3) is 0.238. The van der Waals surface area contributed by atoms with Crippen molar-refractivity contribution in [1.29, 1.82) is 0 Å². The molecule has 0 spiro atoms. The Balaban J connectivity index is 2.29. The summed E-state index contributed by atoms with van der Waals surface area (Å²) in [5, 5.41) is 10.8. The van der Waals surface area contributed by atoms with Crippen LogP contribution < -0.4 is 0 Å². The van der Waals surface area contributed by atoms with Crippen molar-refractivity contribution < 1.29 is 18.3 Å². The topological polar surface area (TPSA) is 34.5 Å². The number of hydrogen-bond acceptors (Lipinski definition) is 2. The van der Waals surface area contributed by atoms with Gasteiger partial charge in [-0.25, -0.2) is 4.85 Å². The van der Waals surface area contributed by atoms with Gasteiger partial charge in [0.2, 0.25) is 5.88 Å². The van der Waals surface area contributed by atoms with E-state index >= 15 is 0 Å². The molecular formula is C21H18F3N3OS. The minimum absolute atomic E-state index is 0.0513. The van der Waals surface area contributed by atoms with Crippen LogP contribution in [0.3, 0.4) is 0 Å². The molecule has 4 nitrogen and oxygen atoms in total. The van der Waals surface area contributed by atoms with Gasteiger partial charge < -0.3 is 5.11 Å². The number of benzene rings is 2. The molecule has 0 saturated carbocycles. The average Bonchev–Trinajstić information content (AvgIpc) is 2.92. The molecule has 0 radical (unpaired) electrons. The Morgan fingerprint density at radius 3 is 2.24 bits per heavy atom. The minimum atomic E-state index is -4.69. The number of rotatable bonds is 4. The molecule has 150 valence electrons. The summed E-state index contributed by atoms with van der Waals surface area (Å²) in [7, 11) is 0. The van der Waals surface area contributed by atoms with E-state index in [1.807, 2.05) is 38.1 Å². The van der Waals surface area contributed by atoms with E-state index in [9.17, 15) is 18.3 Å². The predicted molar refractivity (Wildman–Crippen MR) is 108 cm³/mol. The summed E-state index contributed by atoms with van der Waals surface area (Å²) in [5.74, 6) is -0.207. The Morgan fingerprint density at radius 1 is 1.07 bits per heavy atom. The van der Waals surface area contributed by atoms with Crippen molar-refractivity contribution in [3.05, 3.63) is 75.5 Å². The van der Waals surface area contributed by atoms with Gasteiger partial charge in [-0.15, -0.1) is 0 Å². The molecule has 0 atom stereocenters. The van der Waals surface area contributed by atoms with Gasteiger partial charge >= 0.3 is 6.18 Å². The maximum atomic E-state index is 13.4. The summed E-state index contributed by atoms with van der Waals surface area (Å²) in [4.78, 5) is 2.95. The van der Waals surface area contributed by atoms with Gasteiger partial charge in [-0.3, -0.25) is 9.13 Å². The zero-order valence-corrected chi connectivity index (χ0v) is 16.6. The number of nitrogens with zero attached hydrogens (tertiary/aromatic N) is 3. The largest absolute Gasteiger partial charge is 0.493 e. The van der Waals surface area contributed by atoms with E-state index in [0.717, 1.165) is 17.7 Å². The second-order valence-corrected chi connectivity index (χ2v) is 6.99. The summed E-state index contributed by atoms with van der Waals surface area (Å²) in [6.45, 7) is 10.9. The van der Waals surface area contributed by atoms with Gasteiger partial charge in [0.25, 0.3) is 0 Å². The molecule has 0 aliphatic rings. The lowest BCUT2D eigenvalue weighted by atomic mass is 10.1. The van der Waals surface area contributed by atoms with Gasteiger partial charge in [0.05, 0.1) is 17.8 Å². The first kappa shape index (κ1) is 20.7. The maximum Gasteiger partial charge on any atom is 0.407 e. The normalized spacial score (nSPS) is 11.4. The third kappa shape index (κ3) is 3.78.